The zero-order valence-corrected chi connectivity index (χ0v) is 19.5. The molecule has 0 unspecified atom stereocenters. The fourth-order valence-corrected chi connectivity index (χ4v) is 3.66. The maximum Gasteiger partial charge on any atom is 0.272 e. The number of methoxy groups -OCH3 is 2. The monoisotopic (exact) mass is 429 g/mol. The summed E-state index contributed by atoms with van der Waals surface area (Å²) in [6.07, 6.45) is 3.37. The van der Waals surface area contributed by atoms with Crippen LogP contribution in [0.3, 0.4) is 0 Å². The van der Waals surface area contributed by atoms with Crippen LogP contribution in [0.25, 0.3) is 11.3 Å². The maximum atomic E-state index is 12.9. The number of hydrogen-bond acceptors (Lipinski definition) is 5. The Labute approximate surface area is 185 Å². The van der Waals surface area contributed by atoms with E-state index in [0.29, 0.717) is 30.4 Å². The van der Waals surface area contributed by atoms with E-state index in [4.69, 9.17) is 9.47 Å². The quantitative estimate of drug-likeness (QED) is 0.507. The Hall–Kier alpha value is -2.83. The van der Waals surface area contributed by atoms with Crippen LogP contribution in [0.1, 0.15) is 57.4 Å². The Balaban J connectivity index is 2.52. The van der Waals surface area contributed by atoms with Gasteiger partial charge in [-0.3, -0.25) is 9.48 Å². The van der Waals surface area contributed by atoms with Crippen molar-refractivity contribution in [3.8, 4) is 22.8 Å². The first-order valence-corrected chi connectivity index (χ1v) is 10.9. The second kappa shape index (κ2) is 11.5. The third-order valence-electron chi connectivity index (χ3n) is 5.49. The average Bonchev–Trinajstić information content (AvgIpc) is 3.19. The second-order valence-corrected chi connectivity index (χ2v) is 8.16. The van der Waals surface area contributed by atoms with Gasteiger partial charge in [-0.25, -0.2) is 0 Å². The maximum absolute atomic E-state index is 12.9. The number of aldehydes is 1. The molecular weight excluding hydrogens is 394 g/mol. The molecule has 0 spiro atoms. The Morgan fingerprint density at radius 2 is 1.77 bits per heavy atom. The van der Waals surface area contributed by atoms with E-state index in [9.17, 15) is 9.59 Å². The lowest BCUT2D eigenvalue weighted by Crippen LogP contribution is -2.37. The van der Waals surface area contributed by atoms with Crippen LogP contribution >= 0.6 is 0 Å². The lowest BCUT2D eigenvalue weighted by Gasteiger charge is -2.17. The Bertz CT molecular complexity index is 849. The van der Waals surface area contributed by atoms with Gasteiger partial charge in [0.15, 0.2) is 5.69 Å². The predicted molar refractivity (Wildman–Crippen MR) is 122 cm³/mol. The Morgan fingerprint density at radius 1 is 1.16 bits per heavy atom. The molecule has 2 rings (SSSR count). The van der Waals surface area contributed by atoms with Crippen LogP contribution < -0.4 is 14.8 Å². The lowest BCUT2D eigenvalue weighted by molar-refractivity contribution is -0.109. The number of carbonyl (C=O) groups is 2. The molecule has 1 aromatic heterocycles. The van der Waals surface area contributed by atoms with Crippen LogP contribution in [-0.4, -0.2) is 42.2 Å². The minimum Gasteiger partial charge on any atom is -0.496 e. The zero-order chi connectivity index (χ0) is 23.0. The number of ether oxygens (including phenoxy) is 2. The summed E-state index contributed by atoms with van der Waals surface area (Å²) in [6, 6.07) is 6.78. The Morgan fingerprint density at radius 3 is 2.26 bits per heavy atom. The van der Waals surface area contributed by atoms with Crippen molar-refractivity contribution < 1.29 is 19.1 Å². The van der Waals surface area contributed by atoms with Crippen molar-refractivity contribution in [3.05, 3.63) is 30.0 Å². The molecule has 0 aliphatic rings. The third-order valence-corrected chi connectivity index (χ3v) is 5.49. The van der Waals surface area contributed by atoms with Gasteiger partial charge in [-0.15, -0.1) is 0 Å². The van der Waals surface area contributed by atoms with Crippen LogP contribution in [0.5, 0.6) is 11.5 Å². The van der Waals surface area contributed by atoms with E-state index in [1.165, 1.54) is 0 Å². The summed E-state index contributed by atoms with van der Waals surface area (Å²) in [6.45, 7) is 8.99. The molecule has 1 N–H and O–H groups in total. The van der Waals surface area contributed by atoms with Gasteiger partial charge in [-0.2, -0.15) is 5.10 Å². The van der Waals surface area contributed by atoms with Crippen LogP contribution in [0.15, 0.2) is 24.3 Å². The molecule has 1 atom stereocenters. The van der Waals surface area contributed by atoms with Gasteiger partial charge < -0.3 is 19.6 Å². The molecule has 0 aliphatic heterocycles. The summed E-state index contributed by atoms with van der Waals surface area (Å²) in [5, 5.41) is 7.42. The molecule has 0 radical (unpaired) electrons. The molecule has 7 heteroatoms. The van der Waals surface area contributed by atoms with Crippen molar-refractivity contribution in [1.82, 2.24) is 15.1 Å². The largest absolute Gasteiger partial charge is 0.496 e. The minimum atomic E-state index is -0.541. The highest BCUT2D eigenvalue weighted by atomic mass is 16.5. The summed E-state index contributed by atoms with van der Waals surface area (Å²) in [5.74, 6) is 1.62. The van der Waals surface area contributed by atoms with E-state index >= 15 is 0 Å². The number of amides is 1. The van der Waals surface area contributed by atoms with Crippen molar-refractivity contribution in [2.45, 2.75) is 59.5 Å². The fourth-order valence-electron chi connectivity index (χ4n) is 3.66. The first-order valence-electron chi connectivity index (χ1n) is 10.9. The Kier molecular flexibility index (Phi) is 9.09. The number of aromatic nitrogens is 2. The van der Waals surface area contributed by atoms with Gasteiger partial charge in [-0.1, -0.05) is 46.6 Å². The molecule has 1 amide bonds. The van der Waals surface area contributed by atoms with Crippen LogP contribution in [0.4, 0.5) is 0 Å². The van der Waals surface area contributed by atoms with E-state index in [2.05, 4.69) is 24.3 Å². The SMILES string of the molecule is CCC(CC)Cn1nc(C(=O)N[C@H](C=O)CC(C)C)cc1-c1c(OC)cccc1OC. The van der Waals surface area contributed by atoms with E-state index in [-0.39, 0.29) is 17.5 Å². The number of nitrogens with zero attached hydrogens (tertiary/aromatic N) is 2. The van der Waals surface area contributed by atoms with Crippen molar-refractivity contribution >= 4 is 12.2 Å². The van der Waals surface area contributed by atoms with E-state index in [1.54, 1.807) is 20.3 Å². The van der Waals surface area contributed by atoms with Crippen molar-refractivity contribution in [2.24, 2.45) is 11.8 Å². The lowest BCUT2D eigenvalue weighted by atomic mass is 10.0. The van der Waals surface area contributed by atoms with Crippen molar-refractivity contribution in [3.63, 3.8) is 0 Å². The number of nitrogens with one attached hydrogen (secondary N) is 1. The van der Waals surface area contributed by atoms with Gasteiger partial charge in [0.1, 0.15) is 17.8 Å². The number of hydrogen-bond donors (Lipinski definition) is 1. The molecule has 7 nitrogen and oxygen atoms in total. The summed E-state index contributed by atoms with van der Waals surface area (Å²) in [4.78, 5) is 24.3. The summed E-state index contributed by atoms with van der Waals surface area (Å²) >= 11 is 0. The average molecular weight is 430 g/mol. The highest BCUT2D eigenvalue weighted by Crippen LogP contribution is 2.39. The highest BCUT2D eigenvalue weighted by molar-refractivity contribution is 5.95. The van der Waals surface area contributed by atoms with Gasteiger partial charge in [0.05, 0.1) is 31.5 Å². The molecular formula is C24H35N3O4. The molecule has 31 heavy (non-hydrogen) atoms. The number of rotatable bonds is 12. The van der Waals surface area contributed by atoms with Crippen LogP contribution in [0, 0.1) is 11.8 Å². The van der Waals surface area contributed by atoms with Crippen LogP contribution in [-0.2, 0) is 11.3 Å². The summed E-state index contributed by atoms with van der Waals surface area (Å²) in [5.41, 5.74) is 1.77. The molecule has 0 saturated carbocycles. The molecule has 2 aromatic rings. The van der Waals surface area contributed by atoms with E-state index < -0.39 is 6.04 Å². The fraction of sp³-hybridized carbons (Fsp3) is 0.542. The molecule has 0 saturated heterocycles. The predicted octanol–water partition coefficient (Wildman–Crippen LogP) is 4.35. The smallest absolute Gasteiger partial charge is 0.272 e. The molecule has 0 fully saturated rings. The first-order chi connectivity index (χ1) is 14.9. The van der Waals surface area contributed by atoms with E-state index in [0.717, 1.165) is 30.4 Å². The number of benzene rings is 1. The van der Waals surface area contributed by atoms with Gasteiger partial charge >= 0.3 is 0 Å². The summed E-state index contributed by atoms with van der Waals surface area (Å²) < 4.78 is 13.0. The van der Waals surface area contributed by atoms with Gasteiger partial charge in [0.25, 0.3) is 5.91 Å². The molecule has 0 bridgehead atoms. The summed E-state index contributed by atoms with van der Waals surface area (Å²) in [7, 11) is 3.21. The zero-order valence-electron chi connectivity index (χ0n) is 19.5. The first kappa shape index (κ1) is 24.4. The number of carbonyl (C=O) groups excluding carboxylic acids is 2. The normalized spacial score (nSPS) is 12.1. The van der Waals surface area contributed by atoms with Gasteiger partial charge in [-0.05, 0) is 36.5 Å². The second-order valence-electron chi connectivity index (χ2n) is 8.16. The van der Waals surface area contributed by atoms with Gasteiger partial charge in [0, 0.05) is 6.54 Å². The molecule has 1 aromatic carbocycles. The van der Waals surface area contributed by atoms with Crippen LogP contribution in [0.2, 0.25) is 0 Å². The minimum absolute atomic E-state index is 0.268. The topological polar surface area (TPSA) is 82.5 Å². The third kappa shape index (κ3) is 6.09. The van der Waals surface area contributed by atoms with E-state index in [1.807, 2.05) is 36.7 Å². The van der Waals surface area contributed by atoms with Gasteiger partial charge in [0.2, 0.25) is 0 Å². The highest BCUT2D eigenvalue weighted by Gasteiger charge is 2.24. The van der Waals surface area contributed by atoms with Crippen molar-refractivity contribution in [2.75, 3.05) is 14.2 Å². The molecule has 0 aliphatic carbocycles. The molecule has 170 valence electrons. The molecule has 1 heterocycles. The standard InChI is InChI=1S/C24H35N3O4/c1-7-17(8-2)14-27-20(23-21(30-5)10-9-11-22(23)31-6)13-19(26-27)24(29)25-18(15-28)12-16(3)4/h9-11,13,15-18H,7-8,12,14H2,1-6H3,(H,25,29)/t18-/m0/s1. The van der Waals surface area contributed by atoms with Crippen molar-refractivity contribution in [1.29, 1.82) is 0 Å².